The molecule has 25 heavy (non-hydrogen) atoms. The van der Waals surface area contributed by atoms with E-state index >= 15 is 0 Å². The lowest BCUT2D eigenvalue weighted by Gasteiger charge is -2.11. The van der Waals surface area contributed by atoms with Gasteiger partial charge in [-0.1, -0.05) is 35.5 Å². The van der Waals surface area contributed by atoms with Crippen LogP contribution in [0.5, 0.6) is 0 Å². The summed E-state index contributed by atoms with van der Waals surface area (Å²) in [5.74, 6) is -1.43. The number of hydrogen-bond acceptors (Lipinski definition) is 5. The molecule has 0 aliphatic rings. The van der Waals surface area contributed by atoms with Gasteiger partial charge in [0.1, 0.15) is 11.3 Å². The lowest BCUT2D eigenvalue weighted by Crippen LogP contribution is -2.27. The Labute approximate surface area is 143 Å². The van der Waals surface area contributed by atoms with Crippen LogP contribution in [0.4, 0.5) is 0 Å². The number of rotatable bonds is 5. The number of carboxylic acids is 1. The minimum atomic E-state index is -1.17. The van der Waals surface area contributed by atoms with Crippen molar-refractivity contribution in [3.05, 3.63) is 71.7 Å². The Balaban J connectivity index is 1.91. The molecule has 3 rings (SSSR count). The number of nitrogens with zero attached hydrogens (tertiary/aromatic N) is 2. The van der Waals surface area contributed by atoms with Crippen LogP contribution in [0.3, 0.4) is 0 Å². The molecule has 7 nitrogen and oxygen atoms in total. The number of carbonyl (C=O) groups excluding carboxylic acids is 1. The van der Waals surface area contributed by atoms with Crippen molar-refractivity contribution in [2.24, 2.45) is 0 Å². The van der Waals surface area contributed by atoms with E-state index in [1.807, 2.05) is 6.07 Å². The average molecular weight is 337 g/mol. The molecule has 2 heterocycles. The highest BCUT2D eigenvalue weighted by Crippen LogP contribution is 2.29. The van der Waals surface area contributed by atoms with Crippen molar-refractivity contribution in [2.75, 3.05) is 0 Å². The Morgan fingerprint density at radius 3 is 2.44 bits per heavy atom. The number of aromatic nitrogens is 2. The molecule has 2 N–H and O–H groups in total. The van der Waals surface area contributed by atoms with E-state index in [0.29, 0.717) is 11.1 Å². The average Bonchev–Trinajstić information content (AvgIpc) is 3.08. The van der Waals surface area contributed by atoms with Crippen LogP contribution in [0.25, 0.3) is 11.3 Å². The standard InChI is InChI=1S/C18H15N3O4/c1-11(20-17(22)13-7-9-19-10-8-13)16-14(18(23)24)15(21-25-16)12-5-3-2-4-6-12/h2-11H,1H3,(H,20,22)(H,23,24)/t11-/m1/s1. The quantitative estimate of drug-likeness (QED) is 0.741. The van der Waals surface area contributed by atoms with Crippen molar-refractivity contribution < 1.29 is 19.2 Å². The molecule has 0 unspecified atom stereocenters. The van der Waals surface area contributed by atoms with E-state index in [9.17, 15) is 14.7 Å². The van der Waals surface area contributed by atoms with Crippen LogP contribution < -0.4 is 5.32 Å². The van der Waals surface area contributed by atoms with Gasteiger partial charge in [-0.3, -0.25) is 9.78 Å². The summed E-state index contributed by atoms with van der Waals surface area (Å²) in [5.41, 5.74) is 1.21. The van der Waals surface area contributed by atoms with E-state index < -0.39 is 12.0 Å². The van der Waals surface area contributed by atoms with Gasteiger partial charge in [0, 0.05) is 23.5 Å². The van der Waals surface area contributed by atoms with Crippen LogP contribution in [-0.4, -0.2) is 27.1 Å². The highest BCUT2D eigenvalue weighted by Gasteiger charge is 2.28. The first-order valence-electron chi connectivity index (χ1n) is 7.57. The predicted molar refractivity (Wildman–Crippen MR) is 89.0 cm³/mol. The van der Waals surface area contributed by atoms with Crippen LogP contribution in [0.15, 0.2) is 59.4 Å². The third-order valence-corrected chi connectivity index (χ3v) is 3.66. The summed E-state index contributed by atoms with van der Waals surface area (Å²) in [5, 5.41) is 16.2. The topological polar surface area (TPSA) is 105 Å². The maximum atomic E-state index is 12.2. The molecule has 0 bridgehead atoms. The molecule has 0 aliphatic heterocycles. The molecule has 1 aromatic carbocycles. The molecular formula is C18H15N3O4. The zero-order chi connectivity index (χ0) is 17.8. The Hall–Kier alpha value is -3.48. The monoisotopic (exact) mass is 337 g/mol. The van der Waals surface area contributed by atoms with Gasteiger partial charge in [-0.25, -0.2) is 4.79 Å². The van der Waals surface area contributed by atoms with E-state index in [1.54, 1.807) is 43.3 Å². The molecule has 3 aromatic rings. The number of carboxylic acid groups (broad SMARTS) is 1. The number of benzene rings is 1. The largest absolute Gasteiger partial charge is 0.477 e. The van der Waals surface area contributed by atoms with Crippen LogP contribution in [0, 0.1) is 0 Å². The van der Waals surface area contributed by atoms with Crippen LogP contribution in [-0.2, 0) is 0 Å². The minimum absolute atomic E-state index is 0.0614. The number of nitrogens with one attached hydrogen (secondary N) is 1. The molecule has 2 aromatic heterocycles. The van der Waals surface area contributed by atoms with Gasteiger partial charge in [0.15, 0.2) is 5.76 Å². The van der Waals surface area contributed by atoms with Gasteiger partial charge >= 0.3 is 5.97 Å². The molecule has 0 saturated carbocycles. The maximum absolute atomic E-state index is 12.2. The lowest BCUT2D eigenvalue weighted by molar-refractivity contribution is 0.0692. The van der Waals surface area contributed by atoms with E-state index in [2.05, 4.69) is 15.5 Å². The third-order valence-electron chi connectivity index (χ3n) is 3.66. The van der Waals surface area contributed by atoms with Gasteiger partial charge < -0.3 is 14.9 Å². The molecule has 0 radical (unpaired) electrons. The third kappa shape index (κ3) is 3.40. The van der Waals surface area contributed by atoms with Gasteiger partial charge in [-0.05, 0) is 19.1 Å². The zero-order valence-corrected chi connectivity index (χ0v) is 13.3. The summed E-state index contributed by atoms with van der Waals surface area (Å²) >= 11 is 0. The molecule has 0 saturated heterocycles. The second-order valence-corrected chi connectivity index (χ2v) is 5.37. The number of carbonyl (C=O) groups is 2. The highest BCUT2D eigenvalue weighted by atomic mass is 16.5. The highest BCUT2D eigenvalue weighted by molar-refractivity contribution is 5.97. The second kappa shape index (κ2) is 6.96. The lowest BCUT2D eigenvalue weighted by atomic mass is 10.0. The fourth-order valence-corrected chi connectivity index (χ4v) is 2.45. The summed E-state index contributed by atoms with van der Waals surface area (Å²) in [6.45, 7) is 1.64. The SMILES string of the molecule is C[C@@H](NC(=O)c1ccncc1)c1onc(-c2ccccc2)c1C(=O)O. The van der Waals surface area contributed by atoms with Crippen LogP contribution >= 0.6 is 0 Å². The smallest absolute Gasteiger partial charge is 0.341 e. The van der Waals surface area contributed by atoms with Crippen molar-refractivity contribution in [1.82, 2.24) is 15.5 Å². The fourth-order valence-electron chi connectivity index (χ4n) is 2.45. The Morgan fingerprint density at radius 2 is 1.80 bits per heavy atom. The zero-order valence-electron chi connectivity index (χ0n) is 13.3. The van der Waals surface area contributed by atoms with E-state index in [1.165, 1.54) is 12.4 Å². The Morgan fingerprint density at radius 1 is 1.12 bits per heavy atom. The Kier molecular flexibility index (Phi) is 4.56. The number of hydrogen-bond donors (Lipinski definition) is 2. The molecule has 0 aliphatic carbocycles. The molecular weight excluding hydrogens is 322 g/mol. The number of aromatic carboxylic acids is 1. The van der Waals surface area contributed by atoms with Gasteiger partial charge in [-0.2, -0.15) is 0 Å². The second-order valence-electron chi connectivity index (χ2n) is 5.37. The van der Waals surface area contributed by atoms with E-state index in [-0.39, 0.29) is 22.9 Å². The first-order valence-corrected chi connectivity index (χ1v) is 7.57. The van der Waals surface area contributed by atoms with Crippen molar-refractivity contribution in [2.45, 2.75) is 13.0 Å². The number of pyridine rings is 1. The molecule has 0 spiro atoms. The van der Waals surface area contributed by atoms with Crippen molar-refractivity contribution in [3.8, 4) is 11.3 Å². The molecule has 1 atom stereocenters. The Bertz CT molecular complexity index is 891. The van der Waals surface area contributed by atoms with Crippen molar-refractivity contribution in [1.29, 1.82) is 0 Å². The predicted octanol–water partition coefficient (Wildman–Crippen LogP) is 2.93. The van der Waals surface area contributed by atoms with E-state index in [4.69, 9.17) is 4.52 Å². The first-order chi connectivity index (χ1) is 12.1. The summed E-state index contributed by atoms with van der Waals surface area (Å²) in [4.78, 5) is 27.8. The van der Waals surface area contributed by atoms with Crippen molar-refractivity contribution >= 4 is 11.9 Å². The molecule has 126 valence electrons. The van der Waals surface area contributed by atoms with E-state index in [0.717, 1.165) is 0 Å². The normalized spacial score (nSPS) is 11.7. The first kappa shape index (κ1) is 16.4. The maximum Gasteiger partial charge on any atom is 0.341 e. The summed E-state index contributed by atoms with van der Waals surface area (Å²) < 4.78 is 5.25. The summed E-state index contributed by atoms with van der Waals surface area (Å²) in [7, 11) is 0. The summed E-state index contributed by atoms with van der Waals surface area (Å²) in [6, 6.07) is 11.3. The van der Waals surface area contributed by atoms with Crippen LogP contribution in [0.2, 0.25) is 0 Å². The molecule has 0 fully saturated rings. The minimum Gasteiger partial charge on any atom is -0.477 e. The van der Waals surface area contributed by atoms with Gasteiger partial charge in [0.25, 0.3) is 5.91 Å². The molecule has 1 amide bonds. The molecule has 7 heteroatoms. The number of amides is 1. The fraction of sp³-hybridized carbons (Fsp3) is 0.111. The van der Waals surface area contributed by atoms with Gasteiger partial charge in [-0.15, -0.1) is 0 Å². The van der Waals surface area contributed by atoms with Crippen LogP contribution in [0.1, 0.15) is 39.4 Å². The summed E-state index contributed by atoms with van der Waals surface area (Å²) in [6.07, 6.45) is 3.01. The van der Waals surface area contributed by atoms with Gasteiger partial charge in [0.05, 0.1) is 6.04 Å². The van der Waals surface area contributed by atoms with Crippen molar-refractivity contribution in [3.63, 3.8) is 0 Å². The van der Waals surface area contributed by atoms with Gasteiger partial charge in [0.2, 0.25) is 0 Å².